The van der Waals surface area contributed by atoms with E-state index in [1.54, 1.807) is 20.8 Å². The van der Waals surface area contributed by atoms with Crippen molar-refractivity contribution in [2.45, 2.75) is 259 Å². The van der Waals surface area contributed by atoms with Crippen LogP contribution in [-0.4, -0.2) is 191 Å². The fraction of sp³-hybridized carbons (Fsp3) is 0.887. The number of carbonyl (C=O) groups is 6. The van der Waals surface area contributed by atoms with Gasteiger partial charge >= 0.3 is 42.7 Å². The summed E-state index contributed by atoms with van der Waals surface area (Å²) in [5, 5.41) is 17.3. The number of carboxylic acid groups (broad SMARTS) is 2. The molecule has 5 saturated heterocycles. The van der Waals surface area contributed by atoms with Crippen LogP contribution in [0.1, 0.15) is 156 Å². The summed E-state index contributed by atoms with van der Waals surface area (Å²) in [5.74, 6) is -2.17. The summed E-state index contributed by atoms with van der Waals surface area (Å²) in [4.78, 5) is 65.1. The van der Waals surface area contributed by atoms with Crippen molar-refractivity contribution in [1.29, 1.82) is 0 Å². The van der Waals surface area contributed by atoms with E-state index in [2.05, 4.69) is 33.5 Å². The predicted octanol–water partition coefficient (Wildman–Crippen LogP) is 4.77. The van der Waals surface area contributed by atoms with Gasteiger partial charge in [0.2, 0.25) is 0 Å². The van der Waals surface area contributed by atoms with E-state index >= 15 is 0 Å². The van der Waals surface area contributed by atoms with Crippen LogP contribution in [0.2, 0.25) is 19.6 Å². The van der Waals surface area contributed by atoms with E-state index in [1.165, 1.54) is 0 Å². The summed E-state index contributed by atoms with van der Waals surface area (Å²) >= 11 is 0. The van der Waals surface area contributed by atoms with Crippen LogP contribution in [0.25, 0.3) is 0 Å². The number of ketones is 2. The molecule has 5 unspecified atom stereocenters. The Hall–Kier alpha value is -2.41. The summed E-state index contributed by atoms with van der Waals surface area (Å²) in [5.41, 5.74) is 0. The molecule has 23 heteroatoms. The van der Waals surface area contributed by atoms with Gasteiger partial charge in [-0.25, -0.2) is 19.2 Å². The molecule has 444 valence electrons. The van der Waals surface area contributed by atoms with Gasteiger partial charge < -0.3 is 72.2 Å². The molecule has 0 aromatic carbocycles. The second kappa shape index (κ2) is 43.4. The summed E-state index contributed by atoms with van der Waals surface area (Å²) in [6.07, 6.45) is 6.06. The number of ether oxygens (including phenoxy) is 11. The third-order valence-corrected chi connectivity index (χ3v) is 11.8. The van der Waals surface area contributed by atoms with E-state index in [-0.39, 0.29) is 111 Å². The molecule has 3 N–H and O–H groups in total. The molecule has 5 heterocycles. The molecule has 0 aromatic rings. The summed E-state index contributed by atoms with van der Waals surface area (Å²) < 4.78 is 63.4. The number of hydrogen-bond donors (Lipinski definition) is 2. The van der Waals surface area contributed by atoms with Crippen LogP contribution in [0.5, 0.6) is 0 Å². The molecule has 5 rings (SSSR count). The molecule has 0 bridgehead atoms. The van der Waals surface area contributed by atoms with Gasteiger partial charge in [-0.15, -0.1) is 0 Å². The minimum Gasteiger partial charge on any atom is -0.870 e. The van der Waals surface area contributed by atoms with Crippen molar-refractivity contribution < 1.29 is 121 Å². The number of carbonyl (C=O) groups excluding carboxylic acids is 4. The van der Waals surface area contributed by atoms with Gasteiger partial charge in [-0.2, -0.15) is 0 Å². The fourth-order valence-corrected chi connectivity index (χ4v) is 9.19. The number of hydrogen-bond acceptors (Lipinski definition) is 19. The Labute approximate surface area is 468 Å². The largest absolute Gasteiger partial charge is 1.00 e. The van der Waals surface area contributed by atoms with E-state index in [9.17, 15) is 28.8 Å². The number of Topliss-reactive ketones (excluding diaryl/α,β-unsaturated/α-hetero) is 2. The molecule has 5 aliphatic rings. The molecular weight excluding hydrogens is 1010 g/mol. The Morgan fingerprint density at radius 2 is 0.816 bits per heavy atom. The Morgan fingerprint density at radius 1 is 0.513 bits per heavy atom. The maximum absolute atomic E-state index is 11.3. The maximum atomic E-state index is 11.3. The molecular formula is C53H101LiO21Si. The normalized spacial score (nSPS) is 25.3. The van der Waals surface area contributed by atoms with Gasteiger partial charge in [-0.3, -0.25) is 9.59 Å². The van der Waals surface area contributed by atoms with Gasteiger partial charge in [0.05, 0.1) is 88.5 Å². The van der Waals surface area contributed by atoms with Gasteiger partial charge in [0.25, 0.3) is 0 Å². The second-order valence-electron chi connectivity index (χ2n) is 20.8. The maximum Gasteiger partial charge on any atom is 1.00 e. The van der Waals surface area contributed by atoms with Crippen molar-refractivity contribution in [3.8, 4) is 0 Å². The Morgan fingerprint density at radius 3 is 1.01 bits per heavy atom. The molecule has 21 nitrogen and oxygen atoms in total. The zero-order valence-corrected chi connectivity index (χ0v) is 50.3. The first kappa shape index (κ1) is 77.8. The van der Waals surface area contributed by atoms with Crippen LogP contribution in [0.4, 0.5) is 0 Å². The Bertz CT molecular complexity index is 1450. The van der Waals surface area contributed by atoms with E-state index in [4.69, 9.17) is 66.7 Å². The van der Waals surface area contributed by atoms with Gasteiger partial charge in [0.1, 0.15) is 12.7 Å². The van der Waals surface area contributed by atoms with E-state index in [0.717, 1.165) is 32.1 Å². The standard InChI is InChI=1S/C11H20O4.C10H18O3.2C9H16O4.C8H12O4.C6H16OSi.Li.H2O.H2/c1-4-13-11(12)10-6-5-9(7-14-10)15-8(2)3;1-7(2)13-9-4-5-10(8(3)11)12-6-9;2*1-6(2)13-7-3-4-8(9(10)11)12-5-7;1-2-11-8(10)7-4-3-6(9)5-12-7;1-6(2)7-8(3,4)5;;;/h8-10H,4-7H2,1-3H3;7,9-10H,4-6H2,1-3H3;2*6-8H,3-5H2,1-2H3,(H,10,11);7H,2-5H2,1H3;6H,1-5H3;;1H2;1H/q;;;;;;+1;;/p-1/t;9-,10+;7-,8+;;;;;;/m.00....../s1. The van der Waals surface area contributed by atoms with Gasteiger partial charge in [-0.1, -0.05) is 0 Å². The van der Waals surface area contributed by atoms with Crippen molar-refractivity contribution in [2.24, 2.45) is 0 Å². The number of esters is 2. The summed E-state index contributed by atoms with van der Waals surface area (Å²) in [7, 11) is -1.22. The SMILES string of the molecule is CC(=O)[C@H]1CC[C@H](OC(C)C)CO1.CC(C)OC1CCC(C(=O)O)OC1.CC(C)O[C@H]1CC[C@H](C(=O)O)OC1.CC(C)O[Si](C)(C)C.CCOC(=O)C1CCC(=O)CO1.CCOC(=O)C1CCC(OC(C)C)CO1.[HH].[Li+].[OH-]. The molecule has 5 aliphatic heterocycles. The predicted molar refractivity (Wildman–Crippen MR) is 283 cm³/mol. The van der Waals surface area contributed by atoms with Gasteiger partial charge in [0.15, 0.2) is 44.3 Å². The molecule has 0 aromatic heterocycles. The zero-order chi connectivity index (χ0) is 56.6. The minimum absolute atomic E-state index is 0. The van der Waals surface area contributed by atoms with Crippen LogP contribution in [0, 0.1) is 0 Å². The van der Waals surface area contributed by atoms with Crippen molar-refractivity contribution in [1.82, 2.24) is 0 Å². The number of carboxylic acids is 2. The molecule has 0 aliphatic carbocycles. The molecule has 76 heavy (non-hydrogen) atoms. The molecule has 5 fully saturated rings. The van der Waals surface area contributed by atoms with Crippen molar-refractivity contribution in [2.75, 3.05) is 46.2 Å². The van der Waals surface area contributed by atoms with Crippen molar-refractivity contribution in [3.63, 3.8) is 0 Å². The van der Waals surface area contributed by atoms with Crippen LogP contribution in [0.15, 0.2) is 0 Å². The molecule has 0 spiro atoms. The monoisotopic (exact) mass is 1110 g/mol. The quantitative estimate of drug-likeness (QED) is 0.146. The third-order valence-electron chi connectivity index (χ3n) is 10.6. The Balaban J connectivity index is -0.000000415. The van der Waals surface area contributed by atoms with Gasteiger partial charge in [0, 0.05) is 14.0 Å². The summed E-state index contributed by atoms with van der Waals surface area (Å²) in [6, 6.07) is 0. The first-order valence-electron chi connectivity index (χ1n) is 26.8. The first-order chi connectivity index (χ1) is 34.6. The molecule has 0 radical (unpaired) electrons. The van der Waals surface area contributed by atoms with Crippen LogP contribution in [-0.2, 0) is 85.3 Å². The van der Waals surface area contributed by atoms with E-state index in [0.29, 0.717) is 77.8 Å². The smallest absolute Gasteiger partial charge is 0.870 e. The van der Waals surface area contributed by atoms with Crippen LogP contribution in [0.3, 0.4) is 0 Å². The fourth-order valence-electron chi connectivity index (χ4n) is 7.78. The second-order valence-corrected chi connectivity index (χ2v) is 25.2. The minimum atomic E-state index is -1.22. The van der Waals surface area contributed by atoms with Gasteiger partial charge in [-0.05, 0) is 167 Å². The zero-order valence-electron chi connectivity index (χ0n) is 49.3. The first-order valence-corrected chi connectivity index (χ1v) is 30.2. The third kappa shape index (κ3) is 39.9. The number of rotatable bonds is 17. The van der Waals surface area contributed by atoms with E-state index < -0.39 is 44.7 Å². The average Bonchev–Trinajstić information content (AvgIpc) is 3.30. The molecule has 9 atom stereocenters. The van der Waals surface area contributed by atoms with E-state index in [1.807, 2.05) is 55.4 Å². The Kier molecular flexibility index (Phi) is 44.4. The number of aliphatic carboxylic acids is 2. The van der Waals surface area contributed by atoms with Crippen LogP contribution >= 0.6 is 0 Å². The van der Waals surface area contributed by atoms with Crippen molar-refractivity contribution >= 4 is 43.8 Å². The molecule has 0 amide bonds. The molecule has 0 saturated carbocycles. The summed E-state index contributed by atoms with van der Waals surface area (Å²) in [6.45, 7) is 34.4. The topological polar surface area (TPSA) is 284 Å². The average molecular weight is 1110 g/mol. The van der Waals surface area contributed by atoms with Crippen LogP contribution < -0.4 is 18.9 Å². The van der Waals surface area contributed by atoms with Crippen molar-refractivity contribution in [3.05, 3.63) is 0 Å².